The number of nitrogens with zero attached hydrogens (tertiary/aromatic N) is 2. The summed E-state index contributed by atoms with van der Waals surface area (Å²) in [6.07, 6.45) is 4.93. The highest BCUT2D eigenvalue weighted by atomic mass is 32.1. The van der Waals surface area contributed by atoms with Crippen LogP contribution < -0.4 is 5.32 Å². The van der Waals surface area contributed by atoms with Crippen molar-refractivity contribution in [3.8, 4) is 6.07 Å². The zero-order chi connectivity index (χ0) is 23.0. The lowest BCUT2D eigenvalue weighted by Gasteiger charge is -2.30. The van der Waals surface area contributed by atoms with Gasteiger partial charge in [-0.25, -0.2) is 4.79 Å². The van der Waals surface area contributed by atoms with Gasteiger partial charge >= 0.3 is 5.97 Å². The minimum Gasteiger partial charge on any atom is -0.465 e. The largest absolute Gasteiger partial charge is 0.465 e. The molecule has 4 aromatic rings. The molecule has 0 unspecified atom stereocenters. The van der Waals surface area contributed by atoms with Gasteiger partial charge in [0.25, 0.3) is 0 Å². The first-order valence-electron chi connectivity index (χ1n) is 11.4. The van der Waals surface area contributed by atoms with Crippen molar-refractivity contribution < 1.29 is 9.53 Å². The average molecular weight is 458 g/mol. The number of thiophene rings is 1. The zero-order valence-corrected chi connectivity index (χ0v) is 19.8. The number of aryl methyl sites for hydroxylation is 2. The van der Waals surface area contributed by atoms with E-state index in [1.54, 1.807) is 0 Å². The van der Waals surface area contributed by atoms with Gasteiger partial charge < -0.3 is 14.6 Å². The molecular weight excluding hydrogens is 430 g/mol. The third-order valence-electron chi connectivity index (χ3n) is 7.05. The lowest BCUT2D eigenvalue weighted by molar-refractivity contribution is 0.0605. The highest BCUT2D eigenvalue weighted by Crippen LogP contribution is 2.38. The molecule has 1 atom stereocenters. The van der Waals surface area contributed by atoms with Crippen molar-refractivity contribution in [2.45, 2.75) is 37.6 Å². The Bertz CT molecular complexity index is 1390. The number of fused-ring (bicyclic) bond motifs is 2. The molecule has 0 bridgehead atoms. The van der Waals surface area contributed by atoms with Crippen molar-refractivity contribution in [2.24, 2.45) is 7.05 Å². The van der Waals surface area contributed by atoms with E-state index in [9.17, 15) is 10.1 Å². The van der Waals surface area contributed by atoms with Gasteiger partial charge in [0.15, 0.2) is 0 Å². The fraction of sp³-hybridized carbons (Fsp3) is 0.333. The molecule has 1 N–H and O–H groups in total. The van der Waals surface area contributed by atoms with Crippen LogP contribution in [-0.4, -0.2) is 29.7 Å². The second-order valence-corrected chi connectivity index (χ2v) is 10.0. The number of carbonyl (C=O) groups is 1. The Morgan fingerprint density at radius 1 is 1.27 bits per heavy atom. The monoisotopic (exact) mass is 457 g/mol. The predicted octanol–water partition coefficient (Wildman–Crippen LogP) is 5.35. The Balaban J connectivity index is 1.47. The van der Waals surface area contributed by atoms with Crippen LogP contribution in [0.15, 0.2) is 48.5 Å². The normalized spacial score (nSPS) is 18.1. The van der Waals surface area contributed by atoms with Crippen LogP contribution in [0.4, 0.5) is 0 Å². The first kappa shape index (κ1) is 21.7. The Kier molecular flexibility index (Phi) is 5.69. The van der Waals surface area contributed by atoms with E-state index in [1.807, 2.05) is 30.3 Å². The van der Waals surface area contributed by atoms with Crippen LogP contribution in [0.2, 0.25) is 0 Å². The van der Waals surface area contributed by atoms with E-state index in [0.29, 0.717) is 5.56 Å². The van der Waals surface area contributed by atoms with Gasteiger partial charge in [0.1, 0.15) is 4.88 Å². The lowest BCUT2D eigenvalue weighted by atomic mass is 9.83. The van der Waals surface area contributed by atoms with Crippen molar-refractivity contribution >= 4 is 38.3 Å². The van der Waals surface area contributed by atoms with Gasteiger partial charge in [-0.3, -0.25) is 0 Å². The number of methoxy groups -OCH3 is 1. The molecule has 2 aromatic carbocycles. The number of esters is 1. The van der Waals surface area contributed by atoms with Crippen LogP contribution in [-0.2, 0) is 24.6 Å². The minimum absolute atomic E-state index is 0.0547. The van der Waals surface area contributed by atoms with Gasteiger partial charge in [-0.15, -0.1) is 11.3 Å². The molecule has 0 radical (unpaired) electrons. The Morgan fingerprint density at radius 3 is 2.88 bits per heavy atom. The van der Waals surface area contributed by atoms with Gasteiger partial charge in [-0.1, -0.05) is 24.3 Å². The topological polar surface area (TPSA) is 67.0 Å². The molecule has 5 nitrogen and oxygen atoms in total. The Labute approximate surface area is 197 Å². The molecule has 1 aliphatic heterocycles. The summed E-state index contributed by atoms with van der Waals surface area (Å²) in [4.78, 5) is 13.3. The first-order chi connectivity index (χ1) is 16.0. The van der Waals surface area contributed by atoms with Crippen molar-refractivity contribution in [3.05, 3.63) is 70.2 Å². The second-order valence-electron chi connectivity index (χ2n) is 8.97. The average Bonchev–Trinajstić information content (AvgIpc) is 3.54. The summed E-state index contributed by atoms with van der Waals surface area (Å²) in [5, 5.41) is 15.4. The third kappa shape index (κ3) is 3.92. The molecule has 0 spiro atoms. The first-order valence-corrected chi connectivity index (χ1v) is 12.2. The zero-order valence-electron chi connectivity index (χ0n) is 19.0. The fourth-order valence-electron chi connectivity index (χ4n) is 5.26. The molecule has 3 heterocycles. The standard InChI is InChI=1S/C27H27N3O2S/c1-30-20(15-19-9-8-18(17-28)14-23(19)30)10-12-27(11-5-13-29-27)16-22-21-6-3-4-7-24(21)33-25(22)26(31)32-2/h3-4,6-9,14-15,29H,5,10-13,16H2,1-2H3/t27-/m0/s1. The van der Waals surface area contributed by atoms with E-state index in [-0.39, 0.29) is 11.5 Å². The van der Waals surface area contributed by atoms with E-state index in [1.165, 1.54) is 24.1 Å². The van der Waals surface area contributed by atoms with Gasteiger partial charge in [-0.05, 0) is 79.3 Å². The summed E-state index contributed by atoms with van der Waals surface area (Å²) in [6.45, 7) is 0.996. The van der Waals surface area contributed by atoms with E-state index >= 15 is 0 Å². The SMILES string of the molecule is COC(=O)c1sc2ccccc2c1C[C@@]1(CCc2cc3ccc(C#N)cc3n2C)CCCN1. The molecule has 5 rings (SSSR count). The fourth-order valence-corrected chi connectivity index (χ4v) is 6.40. The number of hydrogen-bond acceptors (Lipinski definition) is 5. The summed E-state index contributed by atoms with van der Waals surface area (Å²) >= 11 is 1.53. The number of carbonyl (C=O) groups excluding carboxylic acids is 1. The molecule has 168 valence electrons. The highest BCUT2D eigenvalue weighted by Gasteiger charge is 2.36. The molecule has 6 heteroatoms. The molecule has 1 aliphatic rings. The van der Waals surface area contributed by atoms with Gasteiger partial charge in [0, 0.05) is 28.5 Å². The molecule has 1 fully saturated rings. The summed E-state index contributed by atoms with van der Waals surface area (Å²) in [5.74, 6) is -0.249. The van der Waals surface area contributed by atoms with E-state index in [4.69, 9.17) is 4.74 Å². The predicted molar refractivity (Wildman–Crippen MR) is 133 cm³/mol. The molecule has 2 aromatic heterocycles. The van der Waals surface area contributed by atoms with E-state index in [2.05, 4.69) is 41.2 Å². The molecule has 0 saturated carbocycles. The molecule has 0 amide bonds. The number of nitrogens with one attached hydrogen (secondary N) is 1. The quantitative estimate of drug-likeness (QED) is 0.397. The van der Waals surface area contributed by atoms with Crippen molar-refractivity contribution in [1.82, 2.24) is 9.88 Å². The molecule has 33 heavy (non-hydrogen) atoms. The lowest BCUT2D eigenvalue weighted by Crippen LogP contribution is -2.42. The number of hydrogen-bond donors (Lipinski definition) is 1. The number of benzene rings is 2. The Morgan fingerprint density at radius 2 is 2.12 bits per heavy atom. The third-order valence-corrected chi connectivity index (χ3v) is 8.24. The van der Waals surface area contributed by atoms with Crippen LogP contribution in [0.25, 0.3) is 21.0 Å². The number of rotatable bonds is 6. The van der Waals surface area contributed by atoms with Gasteiger partial charge in [0.05, 0.1) is 18.7 Å². The smallest absolute Gasteiger partial charge is 0.348 e. The van der Waals surface area contributed by atoms with Crippen LogP contribution in [0, 0.1) is 11.3 Å². The van der Waals surface area contributed by atoms with Gasteiger partial charge in [0.2, 0.25) is 0 Å². The van der Waals surface area contributed by atoms with Crippen molar-refractivity contribution in [2.75, 3.05) is 13.7 Å². The molecule has 0 aliphatic carbocycles. The summed E-state index contributed by atoms with van der Waals surface area (Å²) in [6, 6.07) is 18.6. The van der Waals surface area contributed by atoms with Crippen molar-refractivity contribution in [1.29, 1.82) is 5.26 Å². The summed E-state index contributed by atoms with van der Waals surface area (Å²) in [7, 11) is 3.53. The van der Waals surface area contributed by atoms with Crippen LogP contribution in [0.5, 0.6) is 0 Å². The van der Waals surface area contributed by atoms with Gasteiger partial charge in [-0.2, -0.15) is 5.26 Å². The maximum absolute atomic E-state index is 12.6. The summed E-state index contributed by atoms with van der Waals surface area (Å²) < 4.78 is 8.46. The van der Waals surface area contributed by atoms with E-state index < -0.39 is 0 Å². The number of aromatic nitrogens is 1. The maximum Gasteiger partial charge on any atom is 0.348 e. The van der Waals surface area contributed by atoms with Crippen molar-refractivity contribution in [3.63, 3.8) is 0 Å². The second kappa shape index (κ2) is 8.66. The van der Waals surface area contributed by atoms with Crippen LogP contribution in [0.3, 0.4) is 0 Å². The number of nitriles is 1. The highest BCUT2D eigenvalue weighted by molar-refractivity contribution is 7.21. The molecule has 1 saturated heterocycles. The van der Waals surface area contributed by atoms with Crippen LogP contribution in [0.1, 0.15) is 45.8 Å². The maximum atomic E-state index is 12.6. The molecular formula is C27H27N3O2S. The van der Waals surface area contributed by atoms with E-state index in [0.717, 1.165) is 70.1 Å². The Hall–Kier alpha value is -3.14. The summed E-state index contributed by atoms with van der Waals surface area (Å²) in [5.41, 5.74) is 4.09. The minimum atomic E-state index is -0.249. The van der Waals surface area contributed by atoms with Crippen LogP contribution >= 0.6 is 11.3 Å². The number of ether oxygens (including phenoxy) is 1.